The van der Waals surface area contributed by atoms with Gasteiger partial charge >= 0.3 is 5.97 Å². The minimum Gasteiger partial charge on any atom is -0.490 e. The second-order valence-corrected chi connectivity index (χ2v) is 9.52. The molecule has 5 rings (SSSR count). The molecule has 0 amide bonds. The number of esters is 1. The van der Waals surface area contributed by atoms with E-state index in [1.807, 2.05) is 65.6 Å². The number of thiocarbonyl (C=S) groups is 1. The molecule has 4 aromatic rings. The molecule has 0 saturated carbocycles. The molecule has 200 valence electrons. The van der Waals surface area contributed by atoms with Crippen LogP contribution in [0.15, 0.2) is 83.4 Å². The van der Waals surface area contributed by atoms with Crippen LogP contribution in [0.5, 0.6) is 5.75 Å². The van der Waals surface area contributed by atoms with E-state index in [0.717, 1.165) is 16.9 Å². The van der Waals surface area contributed by atoms with E-state index in [0.29, 0.717) is 46.2 Å². The third-order valence-corrected chi connectivity index (χ3v) is 6.96. The minimum absolute atomic E-state index is 0.282. The van der Waals surface area contributed by atoms with Crippen molar-refractivity contribution in [1.82, 2.24) is 10.3 Å². The van der Waals surface area contributed by atoms with Gasteiger partial charge in [-0.05, 0) is 66.8 Å². The number of carbonyl (C=O) groups is 1. The summed E-state index contributed by atoms with van der Waals surface area (Å²) in [5.41, 5.74) is 2.88. The monoisotopic (exact) mass is 563 g/mol. The Balaban J connectivity index is 1.50. The summed E-state index contributed by atoms with van der Waals surface area (Å²) in [6.07, 6.45) is 1.75. The normalized spacial score (nSPS) is 16.7. The molecule has 1 aliphatic rings. The smallest absolute Gasteiger partial charge is 0.337 e. The van der Waals surface area contributed by atoms with Crippen LogP contribution >= 0.6 is 23.8 Å². The van der Waals surface area contributed by atoms with Gasteiger partial charge in [0.2, 0.25) is 0 Å². The molecule has 1 aliphatic heterocycles. The van der Waals surface area contributed by atoms with Gasteiger partial charge in [0.1, 0.15) is 29.9 Å². The fourth-order valence-corrected chi connectivity index (χ4v) is 5.04. The number of aromatic nitrogens is 1. The highest BCUT2D eigenvalue weighted by Gasteiger charge is 2.42. The Bertz CT molecular complexity index is 1460. The van der Waals surface area contributed by atoms with Gasteiger partial charge in [-0.25, -0.2) is 4.79 Å². The highest BCUT2D eigenvalue weighted by atomic mass is 35.5. The Labute approximate surface area is 236 Å². The Hall–Kier alpha value is -3.92. The maximum atomic E-state index is 11.8. The highest BCUT2D eigenvalue weighted by molar-refractivity contribution is 7.80. The second kappa shape index (κ2) is 11.9. The Kier molecular flexibility index (Phi) is 8.11. The lowest BCUT2D eigenvalue weighted by molar-refractivity contribution is 0.0600. The zero-order valence-corrected chi connectivity index (χ0v) is 22.9. The Morgan fingerprint density at radius 3 is 2.59 bits per heavy atom. The fourth-order valence-electron chi connectivity index (χ4n) is 4.47. The molecule has 0 bridgehead atoms. The Morgan fingerprint density at radius 1 is 1.08 bits per heavy atom. The third-order valence-electron chi connectivity index (χ3n) is 6.35. The number of nitrogens with zero attached hydrogens (tertiary/aromatic N) is 2. The van der Waals surface area contributed by atoms with Crippen molar-refractivity contribution in [1.29, 1.82) is 0 Å². The van der Waals surface area contributed by atoms with Crippen LogP contribution in [-0.2, 0) is 9.47 Å². The summed E-state index contributed by atoms with van der Waals surface area (Å²) in [7, 11) is 2.97. The molecule has 0 aliphatic carbocycles. The number of methoxy groups -OCH3 is 2. The highest BCUT2D eigenvalue weighted by Crippen LogP contribution is 2.44. The summed E-state index contributed by atoms with van der Waals surface area (Å²) in [6, 6.07) is 21.5. The molecule has 0 radical (unpaired) electrons. The summed E-state index contributed by atoms with van der Waals surface area (Å²) in [5.74, 6) is 1.50. The topological polar surface area (TPSA) is 86.1 Å². The average Bonchev–Trinajstić information content (AvgIpc) is 3.59. The van der Waals surface area contributed by atoms with E-state index in [-0.39, 0.29) is 12.1 Å². The van der Waals surface area contributed by atoms with Crippen LogP contribution in [0.3, 0.4) is 0 Å². The number of anilines is 1. The van der Waals surface area contributed by atoms with Crippen molar-refractivity contribution in [2.24, 2.45) is 0 Å². The van der Waals surface area contributed by atoms with Crippen molar-refractivity contribution in [3.05, 3.63) is 101 Å². The molecule has 2 atom stereocenters. The zero-order chi connectivity index (χ0) is 27.4. The first-order valence-corrected chi connectivity index (χ1v) is 13.0. The molecule has 2 aromatic heterocycles. The van der Waals surface area contributed by atoms with E-state index < -0.39 is 5.97 Å². The molecule has 1 fully saturated rings. The molecule has 3 heterocycles. The number of pyridine rings is 1. The number of halogens is 1. The van der Waals surface area contributed by atoms with Crippen LogP contribution in [0.4, 0.5) is 5.69 Å². The largest absolute Gasteiger partial charge is 0.490 e. The van der Waals surface area contributed by atoms with E-state index in [4.69, 9.17) is 42.4 Å². The molecule has 8 nitrogen and oxygen atoms in total. The quantitative estimate of drug-likeness (QED) is 0.150. The van der Waals surface area contributed by atoms with Crippen LogP contribution < -0.4 is 15.0 Å². The molecule has 2 aromatic carbocycles. The van der Waals surface area contributed by atoms with E-state index in [1.165, 1.54) is 7.11 Å². The maximum absolute atomic E-state index is 11.8. The number of rotatable bonds is 9. The van der Waals surface area contributed by atoms with Crippen molar-refractivity contribution < 1.29 is 23.4 Å². The van der Waals surface area contributed by atoms with Gasteiger partial charge in [0.05, 0.1) is 36.0 Å². The lowest BCUT2D eigenvalue weighted by Crippen LogP contribution is -2.29. The summed E-state index contributed by atoms with van der Waals surface area (Å²) in [5, 5.41) is 4.38. The summed E-state index contributed by atoms with van der Waals surface area (Å²) in [6.45, 7) is 0.845. The van der Waals surface area contributed by atoms with E-state index in [9.17, 15) is 4.79 Å². The van der Waals surface area contributed by atoms with Gasteiger partial charge in [-0.1, -0.05) is 29.8 Å². The first-order valence-electron chi connectivity index (χ1n) is 12.2. The van der Waals surface area contributed by atoms with E-state index in [2.05, 4.69) is 10.3 Å². The van der Waals surface area contributed by atoms with Gasteiger partial charge < -0.3 is 28.8 Å². The number of hydrogen-bond acceptors (Lipinski definition) is 7. The fraction of sp³-hybridized carbons (Fsp3) is 0.207. The minimum atomic E-state index is -0.394. The van der Waals surface area contributed by atoms with Crippen LogP contribution in [0, 0.1) is 0 Å². The van der Waals surface area contributed by atoms with Gasteiger partial charge in [-0.2, -0.15) is 0 Å². The SMILES string of the molecule is COCCOc1ccc(N2C(=S)N[C@@H](c3ccccn3)[C@@H]2c2ccc(-c3ccc(C(=O)OC)cc3)o2)cc1Cl. The predicted octanol–water partition coefficient (Wildman–Crippen LogP) is 5.98. The lowest BCUT2D eigenvalue weighted by atomic mass is 10.0. The molecule has 1 saturated heterocycles. The van der Waals surface area contributed by atoms with Crippen molar-refractivity contribution in [3.8, 4) is 17.1 Å². The molecule has 39 heavy (non-hydrogen) atoms. The number of ether oxygens (including phenoxy) is 3. The third kappa shape index (κ3) is 5.61. The van der Waals surface area contributed by atoms with Crippen LogP contribution in [0.2, 0.25) is 5.02 Å². The summed E-state index contributed by atoms with van der Waals surface area (Å²) in [4.78, 5) is 18.4. The summed E-state index contributed by atoms with van der Waals surface area (Å²) >= 11 is 12.4. The van der Waals surface area contributed by atoms with Crippen LogP contribution in [0.25, 0.3) is 11.3 Å². The summed E-state index contributed by atoms with van der Waals surface area (Å²) < 4.78 is 22.0. The number of hydrogen-bond donors (Lipinski definition) is 1. The molecule has 0 spiro atoms. The lowest BCUT2D eigenvalue weighted by Gasteiger charge is -2.26. The van der Waals surface area contributed by atoms with Gasteiger partial charge in [-0.15, -0.1) is 0 Å². The van der Waals surface area contributed by atoms with Crippen molar-refractivity contribution >= 4 is 40.6 Å². The van der Waals surface area contributed by atoms with Crippen molar-refractivity contribution in [2.45, 2.75) is 12.1 Å². The second-order valence-electron chi connectivity index (χ2n) is 8.72. The Morgan fingerprint density at radius 2 is 1.90 bits per heavy atom. The maximum Gasteiger partial charge on any atom is 0.337 e. The van der Waals surface area contributed by atoms with Crippen molar-refractivity contribution in [2.75, 3.05) is 32.3 Å². The first-order chi connectivity index (χ1) is 19.0. The zero-order valence-electron chi connectivity index (χ0n) is 21.3. The van der Waals surface area contributed by atoms with Gasteiger partial charge in [0.15, 0.2) is 5.11 Å². The number of furan rings is 1. The molecule has 10 heteroatoms. The number of carbonyl (C=O) groups excluding carboxylic acids is 1. The molecular formula is C29H26ClN3O5S. The van der Waals surface area contributed by atoms with Gasteiger partial charge in [0.25, 0.3) is 0 Å². The predicted molar refractivity (Wildman–Crippen MR) is 152 cm³/mol. The standard InChI is InChI=1S/C29H26ClN3O5S/c1-35-15-16-37-24-11-10-20(17-21(24)30)33-27(26(32-29(33)39)22-5-3-4-14-31-22)25-13-12-23(38-25)18-6-8-19(9-7-18)28(34)36-2/h3-14,17,26-27H,15-16H2,1-2H3,(H,32,39)/t26-,27-/m0/s1. The molecule has 1 N–H and O–H groups in total. The van der Waals surface area contributed by atoms with Gasteiger partial charge in [0, 0.05) is 24.6 Å². The van der Waals surface area contributed by atoms with Crippen LogP contribution in [0.1, 0.15) is 33.9 Å². The molecular weight excluding hydrogens is 538 g/mol. The van der Waals surface area contributed by atoms with E-state index >= 15 is 0 Å². The molecule has 0 unspecified atom stereocenters. The average molecular weight is 564 g/mol. The van der Waals surface area contributed by atoms with E-state index in [1.54, 1.807) is 25.4 Å². The number of benzene rings is 2. The number of nitrogens with one attached hydrogen (secondary N) is 1. The van der Waals surface area contributed by atoms with Crippen molar-refractivity contribution in [3.63, 3.8) is 0 Å². The van der Waals surface area contributed by atoms with Crippen LogP contribution in [-0.4, -0.2) is 43.5 Å². The van der Waals surface area contributed by atoms with Gasteiger partial charge in [-0.3, -0.25) is 4.98 Å². The first kappa shape index (κ1) is 26.7.